The first-order valence-corrected chi connectivity index (χ1v) is 10.9. The Hall–Kier alpha value is -1.62. The van der Waals surface area contributed by atoms with E-state index in [-0.39, 0.29) is 10.8 Å². The Morgan fingerprint density at radius 2 is 1.96 bits per heavy atom. The molecule has 0 bridgehead atoms. The number of nitrogens with one attached hydrogen (secondary N) is 1. The highest BCUT2D eigenvalue weighted by Crippen LogP contribution is 2.38. The molecular formula is C16H21N5O3S2. The summed E-state index contributed by atoms with van der Waals surface area (Å²) in [4.78, 5) is 14.2. The quantitative estimate of drug-likeness (QED) is 0.796. The third-order valence-electron chi connectivity index (χ3n) is 4.86. The van der Waals surface area contributed by atoms with Crippen LogP contribution >= 0.6 is 0 Å². The SMILES string of the molecule is O=C(CNCC1CC1)N1CCN(S(=O)(=O)c2cccc3c2N=S=N3)CC1. The van der Waals surface area contributed by atoms with Crippen LogP contribution in [0.4, 0.5) is 11.4 Å². The summed E-state index contributed by atoms with van der Waals surface area (Å²) >= 11 is 1.01. The Kier molecular flexibility index (Phi) is 4.91. The number of piperazine rings is 1. The van der Waals surface area contributed by atoms with Gasteiger partial charge in [0.25, 0.3) is 0 Å². The van der Waals surface area contributed by atoms with Crippen molar-refractivity contribution in [1.29, 1.82) is 0 Å². The lowest BCUT2D eigenvalue weighted by molar-refractivity contribution is -0.131. The first-order chi connectivity index (χ1) is 12.6. The van der Waals surface area contributed by atoms with Crippen molar-refractivity contribution in [3.63, 3.8) is 0 Å². The van der Waals surface area contributed by atoms with Crippen LogP contribution in [-0.2, 0) is 26.2 Å². The molecule has 2 aliphatic heterocycles. The van der Waals surface area contributed by atoms with Gasteiger partial charge in [0.05, 0.1) is 17.9 Å². The van der Waals surface area contributed by atoms with Crippen molar-refractivity contribution in [2.24, 2.45) is 14.6 Å². The largest absolute Gasteiger partial charge is 0.339 e. The molecule has 2 fully saturated rings. The summed E-state index contributed by atoms with van der Waals surface area (Å²) < 4.78 is 35.6. The zero-order valence-corrected chi connectivity index (χ0v) is 15.9. The van der Waals surface area contributed by atoms with Gasteiger partial charge in [-0.05, 0) is 37.4 Å². The van der Waals surface area contributed by atoms with Crippen molar-refractivity contribution in [2.75, 3.05) is 39.3 Å². The van der Waals surface area contributed by atoms with Gasteiger partial charge in [-0.3, -0.25) is 4.79 Å². The van der Waals surface area contributed by atoms with E-state index in [1.807, 2.05) is 0 Å². The molecule has 1 N–H and O–H groups in total. The fraction of sp³-hybridized carbons (Fsp3) is 0.562. The summed E-state index contributed by atoms with van der Waals surface area (Å²) in [6.45, 7) is 2.64. The molecule has 10 heteroatoms. The Labute approximate surface area is 156 Å². The Morgan fingerprint density at radius 1 is 1.19 bits per heavy atom. The van der Waals surface area contributed by atoms with E-state index < -0.39 is 10.0 Å². The molecule has 1 aromatic carbocycles. The number of fused-ring (bicyclic) bond motifs is 1. The van der Waals surface area contributed by atoms with Crippen LogP contribution in [-0.4, -0.2) is 62.8 Å². The van der Waals surface area contributed by atoms with Gasteiger partial charge >= 0.3 is 0 Å². The van der Waals surface area contributed by atoms with Crippen molar-refractivity contribution in [3.8, 4) is 0 Å². The highest BCUT2D eigenvalue weighted by atomic mass is 32.2. The second-order valence-electron chi connectivity index (χ2n) is 6.75. The lowest BCUT2D eigenvalue weighted by Crippen LogP contribution is -2.52. The highest BCUT2D eigenvalue weighted by molar-refractivity contribution is 7.89. The smallest absolute Gasteiger partial charge is 0.245 e. The minimum absolute atomic E-state index is 0.0356. The average Bonchev–Trinajstić information content (AvgIpc) is 3.34. The van der Waals surface area contributed by atoms with Crippen LogP contribution in [0.5, 0.6) is 0 Å². The zero-order valence-electron chi connectivity index (χ0n) is 14.3. The van der Waals surface area contributed by atoms with Gasteiger partial charge in [0.1, 0.15) is 16.3 Å². The van der Waals surface area contributed by atoms with Gasteiger partial charge in [-0.1, -0.05) is 6.07 Å². The molecule has 0 unspecified atom stereocenters. The summed E-state index contributed by atoms with van der Waals surface area (Å²) in [6.07, 6.45) is 2.50. The van der Waals surface area contributed by atoms with E-state index in [0.29, 0.717) is 44.1 Å². The van der Waals surface area contributed by atoms with Crippen molar-refractivity contribution in [2.45, 2.75) is 17.7 Å². The van der Waals surface area contributed by atoms with Crippen LogP contribution in [0.15, 0.2) is 31.8 Å². The number of carbonyl (C=O) groups is 1. The number of hydrogen-bond donors (Lipinski definition) is 1. The van der Waals surface area contributed by atoms with E-state index in [2.05, 4.69) is 14.0 Å². The molecule has 1 aliphatic carbocycles. The van der Waals surface area contributed by atoms with E-state index in [1.54, 1.807) is 23.1 Å². The first-order valence-electron chi connectivity index (χ1n) is 8.75. The molecule has 0 atom stereocenters. The molecule has 3 aliphatic rings. The molecule has 1 aromatic rings. The summed E-state index contributed by atoms with van der Waals surface area (Å²) in [5.41, 5.74) is 1.01. The molecule has 140 valence electrons. The highest BCUT2D eigenvalue weighted by Gasteiger charge is 2.33. The molecule has 1 amide bonds. The molecule has 1 saturated heterocycles. The van der Waals surface area contributed by atoms with Crippen molar-refractivity contribution < 1.29 is 13.2 Å². The number of sulfonamides is 1. The number of carbonyl (C=O) groups excluding carboxylic acids is 1. The molecule has 1 saturated carbocycles. The molecule has 2 heterocycles. The van der Waals surface area contributed by atoms with E-state index in [9.17, 15) is 13.2 Å². The van der Waals surface area contributed by atoms with E-state index in [0.717, 1.165) is 23.8 Å². The topological polar surface area (TPSA) is 94.4 Å². The molecule has 4 rings (SSSR count). The molecular weight excluding hydrogens is 374 g/mol. The number of nitrogens with zero attached hydrogens (tertiary/aromatic N) is 4. The summed E-state index contributed by atoms with van der Waals surface area (Å²) in [5.74, 6) is 0.765. The normalized spacial score (nSPS) is 20.1. The van der Waals surface area contributed by atoms with E-state index in [4.69, 9.17) is 0 Å². The Morgan fingerprint density at radius 3 is 2.69 bits per heavy atom. The summed E-state index contributed by atoms with van der Waals surface area (Å²) in [5, 5.41) is 3.19. The van der Waals surface area contributed by atoms with Gasteiger partial charge in [0, 0.05) is 26.2 Å². The van der Waals surface area contributed by atoms with Gasteiger partial charge in [0.2, 0.25) is 15.9 Å². The van der Waals surface area contributed by atoms with Gasteiger partial charge in [-0.25, -0.2) is 8.42 Å². The van der Waals surface area contributed by atoms with Crippen LogP contribution in [0.2, 0.25) is 0 Å². The van der Waals surface area contributed by atoms with Gasteiger partial charge in [-0.2, -0.15) is 13.0 Å². The van der Waals surface area contributed by atoms with Gasteiger partial charge in [0.15, 0.2) is 0 Å². The standard InChI is InChI=1S/C16H21N5O3S2/c22-15(11-17-10-12-4-5-12)20-6-8-21(9-7-20)26(23,24)14-3-1-2-13-16(14)19-25-18-13/h1-3,12,17H,4-11H2. The van der Waals surface area contributed by atoms with Gasteiger partial charge < -0.3 is 10.2 Å². The van der Waals surface area contributed by atoms with Crippen LogP contribution in [0.1, 0.15) is 12.8 Å². The molecule has 8 nitrogen and oxygen atoms in total. The second-order valence-corrected chi connectivity index (χ2v) is 9.18. The average molecular weight is 396 g/mol. The number of amides is 1. The van der Waals surface area contributed by atoms with Gasteiger partial charge in [-0.15, -0.1) is 0 Å². The third kappa shape index (κ3) is 3.59. The molecule has 0 radical (unpaired) electrons. The minimum atomic E-state index is -3.64. The van der Waals surface area contributed by atoms with E-state index >= 15 is 0 Å². The predicted octanol–water partition coefficient (Wildman–Crippen LogP) is 1.25. The van der Waals surface area contributed by atoms with Crippen molar-refractivity contribution in [1.82, 2.24) is 14.5 Å². The molecule has 0 spiro atoms. The zero-order chi connectivity index (χ0) is 18.1. The van der Waals surface area contributed by atoms with Crippen molar-refractivity contribution >= 4 is 38.7 Å². The van der Waals surface area contributed by atoms with Crippen LogP contribution in [0, 0.1) is 5.92 Å². The van der Waals surface area contributed by atoms with Crippen LogP contribution < -0.4 is 5.32 Å². The second kappa shape index (κ2) is 7.18. The number of hydrogen-bond acceptors (Lipinski definition) is 6. The van der Waals surface area contributed by atoms with E-state index in [1.165, 1.54) is 17.1 Å². The maximum Gasteiger partial charge on any atom is 0.245 e. The number of benzene rings is 1. The Balaban J connectivity index is 1.37. The maximum atomic E-state index is 13.0. The lowest BCUT2D eigenvalue weighted by Gasteiger charge is -2.34. The Bertz CT molecular complexity index is 883. The third-order valence-corrected chi connectivity index (χ3v) is 7.34. The van der Waals surface area contributed by atoms with Crippen molar-refractivity contribution in [3.05, 3.63) is 18.2 Å². The fourth-order valence-corrected chi connectivity index (χ4v) is 5.30. The lowest BCUT2D eigenvalue weighted by atomic mass is 10.3. The monoisotopic (exact) mass is 395 g/mol. The summed E-state index contributed by atoms with van der Waals surface area (Å²) in [7, 11) is -3.64. The first kappa shape index (κ1) is 17.8. The maximum absolute atomic E-state index is 13.0. The molecule has 26 heavy (non-hydrogen) atoms. The molecule has 0 aromatic heterocycles. The van der Waals surface area contributed by atoms with Crippen LogP contribution in [0.25, 0.3) is 0 Å². The fourth-order valence-electron chi connectivity index (χ4n) is 3.12. The van der Waals surface area contributed by atoms with Crippen LogP contribution in [0.3, 0.4) is 0 Å². The number of rotatable bonds is 6. The minimum Gasteiger partial charge on any atom is -0.339 e. The predicted molar refractivity (Wildman–Crippen MR) is 98.9 cm³/mol. The summed E-state index contributed by atoms with van der Waals surface area (Å²) in [6, 6.07) is 5.00.